The molecule has 1 aliphatic heterocycles. The highest BCUT2D eigenvalue weighted by Crippen LogP contribution is 2.15. The molecule has 1 fully saturated rings. The van der Waals surface area contributed by atoms with Gasteiger partial charge in [0.15, 0.2) is 0 Å². The molecule has 4 nitrogen and oxygen atoms in total. The summed E-state index contributed by atoms with van der Waals surface area (Å²) in [6.07, 6.45) is 2.31. The first-order chi connectivity index (χ1) is 8.04. The minimum absolute atomic E-state index is 0.271. The fraction of sp³-hybridized carbons (Fsp3) is 0.769. The van der Waals surface area contributed by atoms with Gasteiger partial charge in [0.1, 0.15) is 0 Å². The van der Waals surface area contributed by atoms with Crippen molar-refractivity contribution in [2.24, 2.45) is 0 Å². The van der Waals surface area contributed by atoms with E-state index in [0.717, 1.165) is 25.9 Å². The van der Waals surface area contributed by atoms with Crippen LogP contribution in [0.3, 0.4) is 0 Å². The topological polar surface area (TPSA) is 32.8 Å². The highest BCUT2D eigenvalue weighted by Gasteiger charge is 2.22. The van der Waals surface area contributed by atoms with Crippen molar-refractivity contribution in [1.29, 1.82) is 0 Å². The molecule has 0 saturated carbocycles. The first-order valence-corrected chi connectivity index (χ1v) is 6.28. The number of hydrogen-bond donors (Lipinski definition) is 0. The average molecular weight is 240 g/mol. The Morgan fingerprint density at radius 3 is 2.59 bits per heavy atom. The first kappa shape index (κ1) is 14.2. The van der Waals surface area contributed by atoms with Crippen LogP contribution in [0.5, 0.6) is 0 Å². The molecule has 1 rings (SSSR count). The summed E-state index contributed by atoms with van der Waals surface area (Å²) in [6.45, 7) is 8.88. The van der Waals surface area contributed by atoms with Crippen molar-refractivity contribution in [2.75, 3.05) is 40.3 Å². The van der Waals surface area contributed by atoms with Crippen molar-refractivity contribution >= 4 is 5.97 Å². The molecular formula is C13H24N2O2. The third-order valence-electron chi connectivity index (χ3n) is 3.32. The van der Waals surface area contributed by atoms with E-state index in [1.54, 1.807) is 0 Å². The second kappa shape index (κ2) is 6.77. The molecule has 0 N–H and O–H groups in total. The van der Waals surface area contributed by atoms with Crippen LogP contribution < -0.4 is 0 Å². The van der Waals surface area contributed by atoms with Crippen LogP contribution in [0.15, 0.2) is 12.2 Å². The molecular weight excluding hydrogens is 216 g/mol. The van der Waals surface area contributed by atoms with Gasteiger partial charge in [-0.2, -0.15) is 0 Å². The molecule has 1 aliphatic rings. The van der Waals surface area contributed by atoms with Crippen molar-refractivity contribution in [3.8, 4) is 0 Å². The largest absolute Gasteiger partial charge is 0.463 e. The lowest BCUT2D eigenvalue weighted by Gasteiger charge is -2.35. The number of carbonyl (C=O) groups excluding carboxylic acids is 1. The van der Waals surface area contributed by atoms with E-state index in [0.29, 0.717) is 24.8 Å². The average Bonchev–Trinajstić information content (AvgIpc) is 2.30. The van der Waals surface area contributed by atoms with Crippen molar-refractivity contribution in [3.05, 3.63) is 12.2 Å². The second-order valence-electron chi connectivity index (χ2n) is 4.77. The second-order valence-corrected chi connectivity index (χ2v) is 4.77. The van der Waals surface area contributed by atoms with E-state index in [4.69, 9.17) is 4.74 Å². The summed E-state index contributed by atoms with van der Waals surface area (Å²) in [4.78, 5) is 16.0. The minimum Gasteiger partial charge on any atom is -0.463 e. The molecule has 1 heterocycles. The smallest absolute Gasteiger partial charge is 0.334 e. The standard InChI is InChI=1S/C13H24N2O2/c1-5-17-13(16)11(2)10-15(4)12-6-8-14(3)9-7-12/h12H,2,5-10H2,1,3-4H3. The lowest BCUT2D eigenvalue weighted by molar-refractivity contribution is -0.138. The van der Waals surface area contributed by atoms with Crippen LogP contribution in [0, 0.1) is 0 Å². The zero-order valence-electron chi connectivity index (χ0n) is 11.2. The highest BCUT2D eigenvalue weighted by molar-refractivity contribution is 5.88. The van der Waals surface area contributed by atoms with E-state index in [2.05, 4.69) is 30.5 Å². The van der Waals surface area contributed by atoms with Gasteiger partial charge in [0.25, 0.3) is 0 Å². The van der Waals surface area contributed by atoms with E-state index in [1.807, 2.05) is 6.92 Å². The van der Waals surface area contributed by atoms with Crippen LogP contribution >= 0.6 is 0 Å². The van der Waals surface area contributed by atoms with E-state index >= 15 is 0 Å². The Labute approximate surface area is 104 Å². The molecule has 0 aromatic carbocycles. The van der Waals surface area contributed by atoms with Gasteiger partial charge in [-0.15, -0.1) is 0 Å². The van der Waals surface area contributed by atoms with E-state index < -0.39 is 0 Å². The van der Waals surface area contributed by atoms with Crippen molar-refractivity contribution < 1.29 is 9.53 Å². The van der Waals surface area contributed by atoms with Gasteiger partial charge in [-0.05, 0) is 47.0 Å². The van der Waals surface area contributed by atoms with Gasteiger partial charge in [-0.3, -0.25) is 4.90 Å². The Morgan fingerprint density at radius 1 is 1.47 bits per heavy atom. The summed E-state index contributed by atoms with van der Waals surface area (Å²) in [5.74, 6) is -0.271. The molecule has 17 heavy (non-hydrogen) atoms. The number of likely N-dealkylation sites (N-methyl/N-ethyl adjacent to an activating group) is 1. The Balaban J connectivity index is 2.35. The lowest BCUT2D eigenvalue weighted by Crippen LogP contribution is -2.43. The molecule has 0 aromatic rings. The van der Waals surface area contributed by atoms with Gasteiger partial charge in [0, 0.05) is 18.2 Å². The van der Waals surface area contributed by atoms with Gasteiger partial charge in [-0.25, -0.2) is 4.79 Å². The third-order valence-corrected chi connectivity index (χ3v) is 3.32. The number of hydrogen-bond acceptors (Lipinski definition) is 4. The normalized spacial score (nSPS) is 18.4. The zero-order chi connectivity index (χ0) is 12.8. The maximum absolute atomic E-state index is 11.5. The summed E-state index contributed by atoms with van der Waals surface area (Å²) in [5.41, 5.74) is 0.549. The molecule has 0 aliphatic carbocycles. The summed E-state index contributed by atoms with van der Waals surface area (Å²) in [5, 5.41) is 0. The maximum atomic E-state index is 11.5. The molecule has 98 valence electrons. The van der Waals surface area contributed by atoms with Crippen LogP contribution in [0.1, 0.15) is 19.8 Å². The molecule has 0 unspecified atom stereocenters. The Kier molecular flexibility index (Phi) is 5.65. The van der Waals surface area contributed by atoms with Crippen molar-refractivity contribution in [1.82, 2.24) is 9.80 Å². The molecule has 0 amide bonds. The van der Waals surface area contributed by atoms with Gasteiger partial charge < -0.3 is 9.64 Å². The predicted molar refractivity (Wildman–Crippen MR) is 68.9 cm³/mol. The summed E-state index contributed by atoms with van der Waals surface area (Å²) in [7, 11) is 4.20. The van der Waals surface area contributed by atoms with Crippen molar-refractivity contribution in [2.45, 2.75) is 25.8 Å². The molecule has 0 bridgehead atoms. The van der Waals surface area contributed by atoms with Gasteiger partial charge >= 0.3 is 5.97 Å². The van der Waals surface area contributed by atoms with Gasteiger partial charge in [0.2, 0.25) is 0 Å². The van der Waals surface area contributed by atoms with Crippen LogP contribution in [0.2, 0.25) is 0 Å². The highest BCUT2D eigenvalue weighted by atomic mass is 16.5. The van der Waals surface area contributed by atoms with Gasteiger partial charge in [0.05, 0.1) is 6.61 Å². The molecule has 0 atom stereocenters. The van der Waals surface area contributed by atoms with Gasteiger partial charge in [-0.1, -0.05) is 6.58 Å². The molecule has 1 saturated heterocycles. The van der Waals surface area contributed by atoms with Crippen LogP contribution in [-0.2, 0) is 9.53 Å². The third kappa shape index (κ3) is 4.48. The number of likely N-dealkylation sites (tertiary alicyclic amines) is 1. The Bertz CT molecular complexity index is 271. The number of nitrogens with zero attached hydrogens (tertiary/aromatic N) is 2. The van der Waals surface area contributed by atoms with Crippen LogP contribution in [-0.4, -0.2) is 62.1 Å². The van der Waals surface area contributed by atoms with Crippen LogP contribution in [0.25, 0.3) is 0 Å². The SMILES string of the molecule is C=C(CN(C)C1CCN(C)CC1)C(=O)OCC. The number of piperidine rings is 1. The number of rotatable bonds is 5. The quantitative estimate of drug-likeness (QED) is 0.533. The first-order valence-electron chi connectivity index (χ1n) is 6.28. The van der Waals surface area contributed by atoms with E-state index in [1.165, 1.54) is 0 Å². The Morgan fingerprint density at radius 2 is 2.06 bits per heavy atom. The lowest BCUT2D eigenvalue weighted by atomic mass is 10.0. The van der Waals surface area contributed by atoms with Crippen molar-refractivity contribution in [3.63, 3.8) is 0 Å². The molecule has 4 heteroatoms. The predicted octanol–water partition coefficient (Wildman–Crippen LogP) is 1.13. The fourth-order valence-electron chi connectivity index (χ4n) is 2.16. The minimum atomic E-state index is -0.271. The number of ether oxygens (including phenoxy) is 1. The summed E-state index contributed by atoms with van der Waals surface area (Å²) >= 11 is 0. The summed E-state index contributed by atoms with van der Waals surface area (Å²) in [6, 6.07) is 0.553. The zero-order valence-corrected chi connectivity index (χ0v) is 11.2. The monoisotopic (exact) mass is 240 g/mol. The molecule has 0 spiro atoms. The molecule has 0 radical (unpaired) electrons. The van der Waals surface area contributed by atoms with E-state index in [-0.39, 0.29) is 5.97 Å². The fourth-order valence-corrected chi connectivity index (χ4v) is 2.16. The maximum Gasteiger partial charge on any atom is 0.334 e. The Hall–Kier alpha value is -0.870. The summed E-state index contributed by atoms with van der Waals surface area (Å²) < 4.78 is 4.94. The van der Waals surface area contributed by atoms with E-state index in [9.17, 15) is 4.79 Å². The number of carbonyl (C=O) groups is 1. The molecule has 0 aromatic heterocycles. The van der Waals surface area contributed by atoms with Crippen LogP contribution in [0.4, 0.5) is 0 Å². The number of esters is 1.